The molecule has 4 nitrogen and oxygen atoms in total. The number of hydrogen-bond donors (Lipinski definition) is 1. The molecule has 0 bridgehead atoms. The van der Waals surface area contributed by atoms with Crippen LogP contribution < -0.4 is 5.32 Å². The largest absolute Gasteiger partial charge is 0.459 e. The van der Waals surface area contributed by atoms with Gasteiger partial charge in [0.15, 0.2) is 0 Å². The van der Waals surface area contributed by atoms with E-state index < -0.39 is 12.0 Å². The van der Waals surface area contributed by atoms with E-state index >= 15 is 0 Å². The standard InChI is InChI=1S/C18H19NO3/c1-13-8-10-16(11-9-13)17(20)19-14(2)18(21)22-12-15-6-4-3-5-7-15/h3-11,14H,12H2,1-2H3,(H,19,20). The minimum absolute atomic E-state index is 0.199. The Morgan fingerprint density at radius 3 is 2.32 bits per heavy atom. The Hall–Kier alpha value is -2.62. The highest BCUT2D eigenvalue weighted by molar-refractivity contribution is 5.96. The topological polar surface area (TPSA) is 55.4 Å². The van der Waals surface area contributed by atoms with E-state index in [2.05, 4.69) is 5.32 Å². The lowest BCUT2D eigenvalue weighted by molar-refractivity contribution is -0.146. The highest BCUT2D eigenvalue weighted by Crippen LogP contribution is 2.05. The van der Waals surface area contributed by atoms with Crippen LogP contribution in [0.1, 0.15) is 28.4 Å². The van der Waals surface area contributed by atoms with Gasteiger partial charge in [-0.15, -0.1) is 0 Å². The van der Waals surface area contributed by atoms with Gasteiger partial charge in [0, 0.05) is 5.56 Å². The molecule has 2 aromatic carbocycles. The van der Waals surface area contributed by atoms with Crippen molar-refractivity contribution in [2.45, 2.75) is 26.5 Å². The van der Waals surface area contributed by atoms with E-state index in [1.807, 2.05) is 49.4 Å². The molecule has 1 atom stereocenters. The summed E-state index contributed by atoms with van der Waals surface area (Å²) in [7, 11) is 0. The summed E-state index contributed by atoms with van der Waals surface area (Å²) in [4.78, 5) is 23.9. The van der Waals surface area contributed by atoms with E-state index in [-0.39, 0.29) is 12.5 Å². The van der Waals surface area contributed by atoms with Gasteiger partial charge in [0.05, 0.1) is 0 Å². The van der Waals surface area contributed by atoms with Gasteiger partial charge >= 0.3 is 5.97 Å². The van der Waals surface area contributed by atoms with Crippen LogP contribution in [0.2, 0.25) is 0 Å². The van der Waals surface area contributed by atoms with Crippen molar-refractivity contribution < 1.29 is 14.3 Å². The summed E-state index contributed by atoms with van der Waals surface area (Å²) in [6, 6.07) is 15.9. The van der Waals surface area contributed by atoms with E-state index in [0.717, 1.165) is 11.1 Å². The molecule has 2 aromatic rings. The lowest BCUT2D eigenvalue weighted by Gasteiger charge is -2.13. The third-order valence-corrected chi connectivity index (χ3v) is 3.24. The summed E-state index contributed by atoms with van der Waals surface area (Å²) in [5, 5.41) is 2.64. The Labute approximate surface area is 130 Å². The number of rotatable bonds is 5. The Kier molecular flexibility index (Phi) is 5.31. The number of carbonyl (C=O) groups is 2. The van der Waals surface area contributed by atoms with Gasteiger partial charge in [-0.05, 0) is 31.5 Å². The average Bonchev–Trinajstić information content (AvgIpc) is 2.54. The maximum Gasteiger partial charge on any atom is 0.328 e. The second-order valence-electron chi connectivity index (χ2n) is 5.15. The van der Waals surface area contributed by atoms with Crippen LogP contribution in [0, 0.1) is 6.92 Å². The van der Waals surface area contributed by atoms with Crippen LogP contribution in [0.15, 0.2) is 54.6 Å². The Bertz CT molecular complexity index is 635. The van der Waals surface area contributed by atoms with Crippen LogP contribution in [0.4, 0.5) is 0 Å². The molecule has 1 N–H and O–H groups in total. The number of nitrogens with one attached hydrogen (secondary N) is 1. The van der Waals surface area contributed by atoms with Crippen LogP contribution in [0.25, 0.3) is 0 Å². The zero-order chi connectivity index (χ0) is 15.9. The Balaban J connectivity index is 1.85. The van der Waals surface area contributed by atoms with E-state index in [4.69, 9.17) is 4.74 Å². The number of amides is 1. The molecule has 1 amide bonds. The molecule has 0 heterocycles. The molecule has 0 saturated carbocycles. The van der Waals surface area contributed by atoms with Gasteiger partial charge in [0.1, 0.15) is 12.6 Å². The molecule has 0 aliphatic rings. The Morgan fingerprint density at radius 1 is 1.05 bits per heavy atom. The van der Waals surface area contributed by atoms with Crippen molar-refractivity contribution in [2.24, 2.45) is 0 Å². The van der Waals surface area contributed by atoms with Crippen molar-refractivity contribution in [2.75, 3.05) is 0 Å². The molecule has 0 saturated heterocycles. The number of ether oxygens (including phenoxy) is 1. The second kappa shape index (κ2) is 7.41. The van der Waals surface area contributed by atoms with Gasteiger partial charge in [0.25, 0.3) is 5.91 Å². The van der Waals surface area contributed by atoms with Gasteiger partial charge in [-0.2, -0.15) is 0 Å². The van der Waals surface area contributed by atoms with Gasteiger partial charge < -0.3 is 10.1 Å². The van der Waals surface area contributed by atoms with Gasteiger partial charge in [-0.3, -0.25) is 4.79 Å². The zero-order valence-corrected chi connectivity index (χ0v) is 12.7. The van der Waals surface area contributed by atoms with E-state index in [1.165, 1.54) is 0 Å². The second-order valence-corrected chi connectivity index (χ2v) is 5.15. The fourth-order valence-corrected chi connectivity index (χ4v) is 1.90. The number of aryl methyl sites for hydroxylation is 1. The maximum absolute atomic E-state index is 12.0. The predicted octanol–water partition coefficient (Wildman–Crippen LogP) is 2.86. The smallest absolute Gasteiger partial charge is 0.328 e. The van der Waals surface area contributed by atoms with Crippen molar-refractivity contribution in [3.8, 4) is 0 Å². The molecular weight excluding hydrogens is 278 g/mol. The van der Waals surface area contributed by atoms with Crippen molar-refractivity contribution in [1.82, 2.24) is 5.32 Å². The lowest BCUT2D eigenvalue weighted by atomic mass is 10.1. The van der Waals surface area contributed by atoms with Crippen molar-refractivity contribution in [3.63, 3.8) is 0 Å². The molecule has 0 aliphatic carbocycles. The normalized spacial score (nSPS) is 11.5. The molecular formula is C18H19NO3. The SMILES string of the molecule is Cc1ccc(C(=O)NC(C)C(=O)OCc2ccccc2)cc1. The fraction of sp³-hybridized carbons (Fsp3) is 0.222. The molecule has 0 fully saturated rings. The number of esters is 1. The van der Waals surface area contributed by atoms with Crippen LogP contribution in [-0.2, 0) is 16.1 Å². The fourth-order valence-electron chi connectivity index (χ4n) is 1.90. The summed E-state index contributed by atoms with van der Waals surface area (Å²) >= 11 is 0. The molecule has 114 valence electrons. The van der Waals surface area contributed by atoms with Crippen LogP contribution in [0.5, 0.6) is 0 Å². The highest BCUT2D eigenvalue weighted by Gasteiger charge is 2.17. The first-order valence-electron chi connectivity index (χ1n) is 7.14. The first-order valence-corrected chi connectivity index (χ1v) is 7.14. The van der Waals surface area contributed by atoms with Crippen LogP contribution in [0.3, 0.4) is 0 Å². The predicted molar refractivity (Wildman–Crippen MR) is 84.3 cm³/mol. The summed E-state index contributed by atoms with van der Waals surface area (Å²) in [6.07, 6.45) is 0. The first kappa shape index (κ1) is 15.8. The van der Waals surface area contributed by atoms with E-state index in [1.54, 1.807) is 19.1 Å². The lowest BCUT2D eigenvalue weighted by Crippen LogP contribution is -2.39. The monoisotopic (exact) mass is 297 g/mol. The Morgan fingerprint density at radius 2 is 1.68 bits per heavy atom. The zero-order valence-electron chi connectivity index (χ0n) is 12.7. The van der Waals surface area contributed by atoms with Gasteiger partial charge in [-0.1, -0.05) is 48.0 Å². The molecule has 1 unspecified atom stereocenters. The van der Waals surface area contributed by atoms with Crippen LogP contribution in [-0.4, -0.2) is 17.9 Å². The molecule has 0 aliphatic heterocycles. The quantitative estimate of drug-likeness (QED) is 0.863. The third-order valence-electron chi connectivity index (χ3n) is 3.24. The summed E-state index contributed by atoms with van der Waals surface area (Å²) < 4.78 is 5.19. The van der Waals surface area contributed by atoms with Gasteiger partial charge in [-0.25, -0.2) is 4.79 Å². The van der Waals surface area contributed by atoms with Gasteiger partial charge in [0.2, 0.25) is 0 Å². The maximum atomic E-state index is 12.0. The minimum atomic E-state index is -0.697. The first-order chi connectivity index (χ1) is 10.6. The van der Waals surface area contributed by atoms with E-state index in [9.17, 15) is 9.59 Å². The average molecular weight is 297 g/mol. The molecule has 4 heteroatoms. The molecule has 0 aromatic heterocycles. The van der Waals surface area contributed by atoms with Crippen LogP contribution >= 0.6 is 0 Å². The number of benzene rings is 2. The molecule has 0 spiro atoms. The molecule has 22 heavy (non-hydrogen) atoms. The molecule has 0 radical (unpaired) electrons. The highest BCUT2D eigenvalue weighted by atomic mass is 16.5. The summed E-state index contributed by atoms with van der Waals surface area (Å²) in [6.45, 7) is 3.76. The minimum Gasteiger partial charge on any atom is -0.459 e. The number of carbonyl (C=O) groups excluding carboxylic acids is 2. The van der Waals surface area contributed by atoms with Crippen molar-refractivity contribution in [1.29, 1.82) is 0 Å². The van der Waals surface area contributed by atoms with Crippen molar-refractivity contribution in [3.05, 3.63) is 71.3 Å². The summed E-state index contributed by atoms with van der Waals surface area (Å²) in [5.74, 6) is -0.742. The molecule has 2 rings (SSSR count). The summed E-state index contributed by atoms with van der Waals surface area (Å²) in [5.41, 5.74) is 2.51. The third kappa shape index (κ3) is 4.45. The van der Waals surface area contributed by atoms with Crippen molar-refractivity contribution >= 4 is 11.9 Å². The number of hydrogen-bond acceptors (Lipinski definition) is 3. The van der Waals surface area contributed by atoms with E-state index in [0.29, 0.717) is 5.56 Å².